The molecule has 0 radical (unpaired) electrons. The minimum Gasteiger partial charge on any atom is -0.497 e. The van der Waals surface area contributed by atoms with E-state index in [0.29, 0.717) is 16.9 Å². The van der Waals surface area contributed by atoms with Crippen LogP contribution in [0.4, 0.5) is 4.39 Å². The zero-order valence-corrected chi connectivity index (χ0v) is 19.7. The van der Waals surface area contributed by atoms with Gasteiger partial charge in [-0.2, -0.15) is 14.4 Å². The molecule has 4 rings (SSSR count). The Kier molecular flexibility index (Phi) is 7.06. The van der Waals surface area contributed by atoms with Crippen molar-refractivity contribution in [3.05, 3.63) is 81.9 Å². The summed E-state index contributed by atoms with van der Waals surface area (Å²) in [4.78, 5) is 32.9. The number of thioether (sulfide) groups is 1. The molecule has 2 heterocycles. The second-order valence-electron chi connectivity index (χ2n) is 6.65. The predicted octanol–water partition coefficient (Wildman–Crippen LogP) is 4.62. The van der Waals surface area contributed by atoms with Crippen molar-refractivity contribution in [1.82, 2.24) is 20.4 Å². The first kappa shape index (κ1) is 23.6. The van der Waals surface area contributed by atoms with Gasteiger partial charge >= 0.3 is 0 Å². The van der Waals surface area contributed by atoms with Crippen molar-refractivity contribution in [2.75, 3.05) is 7.11 Å². The van der Waals surface area contributed by atoms with E-state index in [1.165, 1.54) is 7.11 Å². The number of carbonyl (C=O) groups is 2. The van der Waals surface area contributed by atoms with Gasteiger partial charge in [-0.05, 0) is 71.9 Å². The highest BCUT2D eigenvalue weighted by atomic mass is 35.5. The van der Waals surface area contributed by atoms with E-state index in [1.807, 2.05) is 0 Å². The highest BCUT2D eigenvalue weighted by molar-refractivity contribution is 8.26. The summed E-state index contributed by atoms with van der Waals surface area (Å²) in [6.45, 7) is 0. The number of hydrazine groups is 1. The molecule has 0 saturated carbocycles. The zero-order chi connectivity index (χ0) is 24.2. The van der Waals surface area contributed by atoms with Gasteiger partial charge in [0.15, 0.2) is 4.32 Å². The summed E-state index contributed by atoms with van der Waals surface area (Å²) in [6, 6.07) is 13.0. The van der Waals surface area contributed by atoms with Crippen molar-refractivity contribution in [2.45, 2.75) is 0 Å². The third-order valence-corrected chi connectivity index (χ3v) is 5.90. The Hall–Kier alpha value is -3.54. The number of nitrogens with zero attached hydrogens (tertiary/aromatic N) is 3. The number of hydrogen-bond acceptors (Lipinski definition) is 8. The number of carbonyl (C=O) groups excluding carboxylic acids is 2. The summed E-state index contributed by atoms with van der Waals surface area (Å²) in [7, 11) is 1.52. The maximum Gasteiger partial charge on any atom is 0.285 e. The minimum absolute atomic E-state index is 0.159. The van der Waals surface area contributed by atoms with Crippen LogP contribution >= 0.6 is 35.6 Å². The van der Waals surface area contributed by atoms with Gasteiger partial charge in [0.2, 0.25) is 11.1 Å². The molecule has 0 spiro atoms. The van der Waals surface area contributed by atoms with E-state index in [-0.39, 0.29) is 26.1 Å². The van der Waals surface area contributed by atoms with E-state index in [4.69, 9.17) is 33.3 Å². The Labute approximate surface area is 207 Å². The standard InChI is InChI=1S/C22H14ClFN4O4S2/c1-31-14-7-5-13(6-8-14)18(29)27-28-20(30)17(34-22(28)33)10-12-3-2-4-15(9-12)32-19-16(24)11-25-21(23)26-19/h2-11H,1H3,(H,27,29)/b17-10+. The van der Waals surface area contributed by atoms with Crippen LogP contribution in [0, 0.1) is 5.82 Å². The number of methoxy groups -OCH3 is 1. The molecule has 0 atom stereocenters. The summed E-state index contributed by atoms with van der Waals surface area (Å²) in [5.74, 6) is -1.22. The molecule has 0 unspecified atom stereocenters. The molecule has 2 aromatic carbocycles. The number of nitrogens with one attached hydrogen (secondary N) is 1. The van der Waals surface area contributed by atoms with Crippen molar-refractivity contribution in [1.29, 1.82) is 0 Å². The van der Waals surface area contributed by atoms with Crippen molar-refractivity contribution in [3.63, 3.8) is 0 Å². The lowest BCUT2D eigenvalue weighted by molar-refractivity contribution is -0.123. The van der Waals surface area contributed by atoms with Gasteiger partial charge in [0, 0.05) is 5.56 Å². The number of hydrogen-bond donors (Lipinski definition) is 1. The largest absolute Gasteiger partial charge is 0.497 e. The zero-order valence-electron chi connectivity index (χ0n) is 17.3. The molecule has 8 nitrogen and oxygen atoms in total. The molecule has 0 aliphatic carbocycles. The number of aromatic nitrogens is 2. The molecule has 1 fully saturated rings. The Morgan fingerprint density at radius 3 is 2.74 bits per heavy atom. The number of ether oxygens (including phenoxy) is 2. The summed E-state index contributed by atoms with van der Waals surface area (Å²) < 4.78 is 24.5. The number of benzene rings is 2. The van der Waals surface area contributed by atoms with Crippen molar-refractivity contribution in [3.8, 4) is 17.4 Å². The normalized spacial score (nSPS) is 14.4. The highest BCUT2D eigenvalue weighted by Crippen LogP contribution is 2.32. The van der Waals surface area contributed by atoms with E-state index in [9.17, 15) is 14.0 Å². The fraction of sp³-hybridized carbons (Fsp3) is 0.0455. The first-order valence-electron chi connectivity index (χ1n) is 9.53. The maximum atomic E-state index is 13.9. The summed E-state index contributed by atoms with van der Waals surface area (Å²) >= 11 is 12.0. The number of thiocarbonyl (C=S) groups is 1. The Morgan fingerprint density at radius 1 is 1.24 bits per heavy atom. The van der Waals surface area contributed by atoms with E-state index in [2.05, 4.69) is 15.4 Å². The van der Waals surface area contributed by atoms with Gasteiger partial charge in [-0.15, -0.1) is 0 Å². The van der Waals surface area contributed by atoms with Gasteiger partial charge in [-0.1, -0.05) is 23.9 Å². The third-order valence-electron chi connectivity index (χ3n) is 4.41. The average Bonchev–Trinajstić information content (AvgIpc) is 3.09. The van der Waals surface area contributed by atoms with Crippen LogP contribution in [0.15, 0.2) is 59.6 Å². The molecule has 3 aromatic rings. The van der Waals surface area contributed by atoms with Crippen LogP contribution in [0.2, 0.25) is 5.28 Å². The van der Waals surface area contributed by atoms with Crippen molar-refractivity contribution < 1.29 is 23.5 Å². The molecule has 12 heteroatoms. The van der Waals surface area contributed by atoms with Gasteiger partial charge in [-0.3, -0.25) is 15.0 Å². The lowest BCUT2D eigenvalue weighted by atomic mass is 10.2. The lowest BCUT2D eigenvalue weighted by Gasteiger charge is -2.15. The second-order valence-corrected chi connectivity index (χ2v) is 8.67. The van der Waals surface area contributed by atoms with Crippen molar-refractivity contribution >= 4 is 57.8 Å². The Balaban J connectivity index is 1.49. The van der Waals surface area contributed by atoms with Crippen LogP contribution in [0.25, 0.3) is 6.08 Å². The van der Waals surface area contributed by atoms with Crippen LogP contribution in [0.5, 0.6) is 17.4 Å². The average molecular weight is 517 g/mol. The van der Waals surface area contributed by atoms with E-state index in [0.717, 1.165) is 23.0 Å². The molecule has 1 saturated heterocycles. The monoisotopic (exact) mass is 516 g/mol. The lowest BCUT2D eigenvalue weighted by Crippen LogP contribution is -2.44. The number of halogens is 2. The topological polar surface area (TPSA) is 93.7 Å². The number of amides is 2. The van der Waals surface area contributed by atoms with E-state index in [1.54, 1.807) is 54.6 Å². The fourth-order valence-electron chi connectivity index (χ4n) is 2.81. The maximum absolute atomic E-state index is 13.9. The van der Waals surface area contributed by atoms with Gasteiger partial charge in [0.05, 0.1) is 18.2 Å². The van der Waals surface area contributed by atoms with Gasteiger partial charge in [0.25, 0.3) is 17.7 Å². The van der Waals surface area contributed by atoms with Gasteiger partial charge < -0.3 is 9.47 Å². The fourth-order valence-corrected chi connectivity index (χ4v) is 4.11. The molecule has 2 amide bonds. The molecular weight excluding hydrogens is 503 g/mol. The Morgan fingerprint density at radius 2 is 2.00 bits per heavy atom. The highest BCUT2D eigenvalue weighted by Gasteiger charge is 2.33. The minimum atomic E-state index is -0.775. The summed E-state index contributed by atoms with van der Waals surface area (Å²) in [5.41, 5.74) is 3.43. The predicted molar refractivity (Wildman–Crippen MR) is 129 cm³/mol. The molecule has 1 N–H and O–H groups in total. The third kappa shape index (κ3) is 5.33. The SMILES string of the molecule is COc1ccc(C(=O)NN2C(=O)/C(=C\c3cccc(Oc4nc(Cl)ncc4F)c3)SC2=S)cc1. The molecule has 34 heavy (non-hydrogen) atoms. The van der Waals surface area contributed by atoms with E-state index < -0.39 is 17.6 Å². The van der Waals surface area contributed by atoms with Crippen LogP contribution < -0.4 is 14.9 Å². The van der Waals surface area contributed by atoms with Crippen LogP contribution in [-0.2, 0) is 4.79 Å². The van der Waals surface area contributed by atoms with Gasteiger partial charge in [-0.25, -0.2) is 4.98 Å². The summed E-state index contributed by atoms with van der Waals surface area (Å²) in [6.07, 6.45) is 2.48. The second kappa shape index (κ2) is 10.2. The molecular formula is C22H14ClFN4O4S2. The van der Waals surface area contributed by atoms with Crippen molar-refractivity contribution in [2.24, 2.45) is 0 Å². The van der Waals surface area contributed by atoms with E-state index >= 15 is 0 Å². The molecule has 0 bridgehead atoms. The smallest absolute Gasteiger partial charge is 0.285 e. The van der Waals surface area contributed by atoms with Gasteiger partial charge in [0.1, 0.15) is 11.5 Å². The molecule has 1 aliphatic rings. The molecule has 1 aromatic heterocycles. The first-order chi connectivity index (χ1) is 16.3. The molecule has 172 valence electrons. The van der Waals surface area contributed by atoms with Crippen LogP contribution in [0.1, 0.15) is 15.9 Å². The van der Waals surface area contributed by atoms with Crippen LogP contribution in [0.3, 0.4) is 0 Å². The quantitative estimate of drug-likeness (QED) is 0.288. The van der Waals surface area contributed by atoms with Crippen LogP contribution in [-0.4, -0.2) is 38.2 Å². The Bertz CT molecular complexity index is 1320. The number of rotatable bonds is 6. The summed E-state index contributed by atoms with van der Waals surface area (Å²) in [5, 5.41) is 0.852. The first-order valence-corrected chi connectivity index (χ1v) is 11.1. The molecule has 1 aliphatic heterocycles.